The molecule has 0 atom stereocenters. The average molecular weight is 276 g/mol. The van der Waals surface area contributed by atoms with Gasteiger partial charge in [0.15, 0.2) is 0 Å². The number of carbonyl (C=O) groups is 2. The van der Waals surface area contributed by atoms with E-state index < -0.39 is 29.5 Å². The van der Waals surface area contributed by atoms with Crippen LogP contribution in [0.3, 0.4) is 0 Å². The SMILES string of the molecule is COC(=O)c1c(C)oc(NC(=O)C(F)(F)F)c1C#N. The van der Waals surface area contributed by atoms with Crippen molar-refractivity contribution in [3.63, 3.8) is 0 Å². The minimum absolute atomic E-state index is 0.138. The second-order valence-electron chi connectivity index (χ2n) is 3.29. The number of nitriles is 1. The Labute approximate surface area is 104 Å². The van der Waals surface area contributed by atoms with Crippen molar-refractivity contribution in [3.05, 3.63) is 16.9 Å². The topological polar surface area (TPSA) is 92.3 Å². The van der Waals surface area contributed by atoms with E-state index in [4.69, 9.17) is 9.68 Å². The number of rotatable bonds is 2. The molecule has 0 spiro atoms. The van der Waals surface area contributed by atoms with Gasteiger partial charge in [-0.2, -0.15) is 18.4 Å². The summed E-state index contributed by atoms with van der Waals surface area (Å²) in [7, 11) is 1.03. The van der Waals surface area contributed by atoms with Gasteiger partial charge in [-0.15, -0.1) is 0 Å². The minimum atomic E-state index is -5.14. The molecule has 1 N–H and O–H groups in total. The molecule has 0 saturated carbocycles. The van der Waals surface area contributed by atoms with E-state index >= 15 is 0 Å². The normalized spacial score (nSPS) is 10.7. The molecule has 1 aromatic heterocycles. The van der Waals surface area contributed by atoms with E-state index in [1.807, 2.05) is 0 Å². The molecule has 1 amide bonds. The number of halogens is 3. The van der Waals surface area contributed by atoms with Crippen LogP contribution in [0.15, 0.2) is 4.42 Å². The van der Waals surface area contributed by atoms with Crippen molar-refractivity contribution in [3.8, 4) is 6.07 Å². The third-order valence-electron chi connectivity index (χ3n) is 2.07. The van der Waals surface area contributed by atoms with E-state index in [1.54, 1.807) is 0 Å². The van der Waals surface area contributed by atoms with Gasteiger partial charge in [-0.25, -0.2) is 4.79 Å². The fraction of sp³-hybridized carbons (Fsp3) is 0.300. The highest BCUT2D eigenvalue weighted by Crippen LogP contribution is 2.28. The summed E-state index contributed by atoms with van der Waals surface area (Å²) >= 11 is 0. The number of amides is 1. The maximum atomic E-state index is 12.1. The van der Waals surface area contributed by atoms with Gasteiger partial charge in [0.05, 0.1) is 7.11 Å². The molecule has 0 saturated heterocycles. The molecular weight excluding hydrogens is 269 g/mol. The van der Waals surface area contributed by atoms with Crippen molar-refractivity contribution in [2.24, 2.45) is 0 Å². The second kappa shape index (κ2) is 5.01. The molecular formula is C10H7F3N2O4. The molecule has 0 aliphatic carbocycles. The zero-order valence-electron chi connectivity index (χ0n) is 9.71. The van der Waals surface area contributed by atoms with Crippen LogP contribution in [0.4, 0.5) is 19.1 Å². The molecule has 0 radical (unpaired) electrons. The van der Waals surface area contributed by atoms with Gasteiger partial charge in [0.1, 0.15) is 23.0 Å². The number of furan rings is 1. The number of hydrogen-bond acceptors (Lipinski definition) is 5. The van der Waals surface area contributed by atoms with E-state index in [1.165, 1.54) is 18.3 Å². The summed E-state index contributed by atoms with van der Waals surface area (Å²) in [6.07, 6.45) is -5.14. The molecule has 1 aromatic rings. The second-order valence-corrected chi connectivity index (χ2v) is 3.29. The quantitative estimate of drug-likeness (QED) is 0.830. The number of alkyl halides is 3. The van der Waals surface area contributed by atoms with Gasteiger partial charge in [-0.1, -0.05) is 0 Å². The minimum Gasteiger partial charge on any atom is -0.465 e. The third-order valence-corrected chi connectivity index (χ3v) is 2.07. The van der Waals surface area contributed by atoms with E-state index in [9.17, 15) is 22.8 Å². The fourth-order valence-electron chi connectivity index (χ4n) is 1.26. The number of nitrogens with one attached hydrogen (secondary N) is 1. The van der Waals surface area contributed by atoms with Crippen molar-refractivity contribution in [2.75, 3.05) is 12.4 Å². The number of esters is 1. The van der Waals surface area contributed by atoms with Crippen molar-refractivity contribution in [1.82, 2.24) is 0 Å². The fourth-order valence-corrected chi connectivity index (χ4v) is 1.26. The molecule has 0 aliphatic heterocycles. The van der Waals surface area contributed by atoms with Crippen LogP contribution in [0.1, 0.15) is 21.7 Å². The van der Waals surface area contributed by atoms with Crippen LogP contribution < -0.4 is 5.32 Å². The summed E-state index contributed by atoms with van der Waals surface area (Å²) < 4.78 is 45.4. The summed E-state index contributed by atoms with van der Waals surface area (Å²) in [5, 5.41) is 10.2. The summed E-state index contributed by atoms with van der Waals surface area (Å²) in [4.78, 5) is 22.1. The Bertz CT molecular complexity index is 569. The predicted octanol–water partition coefficient (Wildman–Crippen LogP) is 1.75. The molecule has 1 heterocycles. The molecule has 0 bridgehead atoms. The predicted molar refractivity (Wildman–Crippen MR) is 54.2 cm³/mol. The monoisotopic (exact) mass is 276 g/mol. The molecule has 1 rings (SSSR count). The van der Waals surface area contributed by atoms with E-state index in [0.29, 0.717) is 0 Å². The largest absolute Gasteiger partial charge is 0.471 e. The van der Waals surface area contributed by atoms with Gasteiger partial charge in [0.25, 0.3) is 0 Å². The first kappa shape index (κ1) is 14.6. The molecule has 19 heavy (non-hydrogen) atoms. The molecule has 0 aromatic carbocycles. The smallest absolute Gasteiger partial charge is 0.465 e. The number of carbonyl (C=O) groups excluding carboxylic acids is 2. The Kier molecular flexibility index (Phi) is 3.84. The van der Waals surface area contributed by atoms with Gasteiger partial charge >= 0.3 is 18.1 Å². The Morgan fingerprint density at radius 1 is 1.42 bits per heavy atom. The van der Waals surface area contributed by atoms with Crippen molar-refractivity contribution in [1.29, 1.82) is 5.26 Å². The van der Waals surface area contributed by atoms with Crippen LogP contribution in [0.2, 0.25) is 0 Å². The van der Waals surface area contributed by atoms with Crippen LogP contribution in [0.25, 0.3) is 0 Å². The van der Waals surface area contributed by atoms with Gasteiger partial charge in [-0.3, -0.25) is 10.1 Å². The summed E-state index contributed by atoms with van der Waals surface area (Å²) in [5.74, 6) is -4.15. The van der Waals surface area contributed by atoms with Crippen LogP contribution in [0.5, 0.6) is 0 Å². The van der Waals surface area contributed by atoms with E-state index in [0.717, 1.165) is 7.11 Å². The lowest BCUT2D eigenvalue weighted by molar-refractivity contribution is -0.167. The summed E-state index contributed by atoms with van der Waals surface area (Å²) in [6.45, 7) is 1.25. The van der Waals surface area contributed by atoms with Gasteiger partial charge in [0, 0.05) is 0 Å². The van der Waals surface area contributed by atoms with Crippen LogP contribution in [0, 0.1) is 18.3 Å². The first-order valence-corrected chi connectivity index (χ1v) is 4.72. The van der Waals surface area contributed by atoms with Crippen LogP contribution >= 0.6 is 0 Å². The maximum absolute atomic E-state index is 12.1. The molecule has 6 nitrogen and oxygen atoms in total. The molecule has 9 heteroatoms. The van der Waals surface area contributed by atoms with Gasteiger partial charge < -0.3 is 9.15 Å². The number of aryl methyl sites for hydroxylation is 1. The van der Waals surface area contributed by atoms with Crippen LogP contribution in [-0.2, 0) is 9.53 Å². The molecule has 0 fully saturated rings. The Morgan fingerprint density at radius 3 is 2.42 bits per heavy atom. The van der Waals surface area contributed by atoms with Crippen molar-refractivity contribution >= 4 is 17.8 Å². The van der Waals surface area contributed by atoms with Gasteiger partial charge in [0.2, 0.25) is 5.88 Å². The molecule has 102 valence electrons. The lowest BCUT2D eigenvalue weighted by Gasteiger charge is -2.05. The summed E-state index contributed by atoms with van der Waals surface area (Å²) in [5.41, 5.74) is -0.857. The average Bonchev–Trinajstić information content (AvgIpc) is 2.62. The number of methoxy groups -OCH3 is 1. The standard InChI is InChI=1S/C10H7F3N2O4/c1-4-6(8(16)18-2)5(3-14)7(19-4)15-9(17)10(11,12)13/h1-2H3,(H,15,17). The van der Waals surface area contributed by atoms with E-state index in [-0.39, 0.29) is 11.3 Å². The lowest BCUT2D eigenvalue weighted by atomic mass is 10.1. The highest BCUT2D eigenvalue weighted by molar-refractivity contribution is 5.99. The highest BCUT2D eigenvalue weighted by Gasteiger charge is 2.40. The van der Waals surface area contributed by atoms with Crippen molar-refractivity contribution in [2.45, 2.75) is 13.1 Å². The van der Waals surface area contributed by atoms with Crippen LogP contribution in [-0.4, -0.2) is 25.2 Å². The number of hydrogen-bond donors (Lipinski definition) is 1. The Balaban J connectivity index is 3.22. The molecule has 0 aliphatic rings. The number of anilines is 1. The zero-order chi connectivity index (χ0) is 14.8. The van der Waals surface area contributed by atoms with E-state index in [2.05, 4.69) is 4.74 Å². The Hall–Kier alpha value is -2.50. The zero-order valence-corrected chi connectivity index (χ0v) is 9.71. The Morgan fingerprint density at radius 2 is 2.00 bits per heavy atom. The number of ether oxygens (including phenoxy) is 1. The maximum Gasteiger partial charge on any atom is 0.471 e. The third kappa shape index (κ3) is 2.85. The summed E-state index contributed by atoms with van der Waals surface area (Å²) in [6, 6.07) is 1.48. The van der Waals surface area contributed by atoms with Gasteiger partial charge in [-0.05, 0) is 6.92 Å². The highest BCUT2D eigenvalue weighted by atomic mass is 19.4. The molecule has 0 unspecified atom stereocenters. The number of nitrogens with zero attached hydrogens (tertiary/aromatic N) is 1. The first-order chi connectivity index (χ1) is 8.72. The lowest BCUT2D eigenvalue weighted by Crippen LogP contribution is -2.30. The van der Waals surface area contributed by atoms with Crippen molar-refractivity contribution < 1.29 is 31.9 Å². The first-order valence-electron chi connectivity index (χ1n) is 4.72.